The Morgan fingerprint density at radius 1 is 0.962 bits per heavy atom. The van der Waals surface area contributed by atoms with Crippen molar-refractivity contribution in [1.29, 1.82) is 0 Å². The van der Waals surface area contributed by atoms with Crippen LogP contribution in [0.15, 0.2) is 0 Å². The molecule has 26 heavy (non-hydrogen) atoms. The Labute approximate surface area is 171 Å². The molecule has 0 aromatic rings. The minimum Gasteiger partial charge on any atom is -0.304 e. The standard InChI is InChI=1S/C19H33O3PS3/c1-12(2)21-23(20,22-13(3)4)18(24-5)11-25-19(26-18)16-7-14-6-15(9-16)10-17(19)8-14/h12-17H,6-11H2,1-5H3. The lowest BCUT2D eigenvalue weighted by Crippen LogP contribution is -2.53. The Balaban J connectivity index is 1.66. The lowest BCUT2D eigenvalue weighted by Gasteiger charge is -2.59. The Morgan fingerprint density at radius 2 is 1.46 bits per heavy atom. The molecule has 1 heterocycles. The van der Waals surface area contributed by atoms with Gasteiger partial charge in [-0.3, -0.25) is 4.57 Å². The first-order chi connectivity index (χ1) is 12.2. The van der Waals surface area contributed by atoms with Crippen LogP contribution in [-0.2, 0) is 13.6 Å². The normalized spacial score (nSPS) is 44.7. The van der Waals surface area contributed by atoms with Gasteiger partial charge in [-0.05, 0) is 89.7 Å². The van der Waals surface area contributed by atoms with Crippen molar-refractivity contribution < 1.29 is 13.6 Å². The van der Waals surface area contributed by atoms with Crippen molar-refractivity contribution in [3.05, 3.63) is 0 Å². The van der Waals surface area contributed by atoms with E-state index in [1.54, 1.807) is 11.8 Å². The molecule has 5 fully saturated rings. The van der Waals surface area contributed by atoms with E-state index in [0.717, 1.165) is 29.4 Å². The molecule has 3 nitrogen and oxygen atoms in total. The van der Waals surface area contributed by atoms with Gasteiger partial charge in [-0.1, -0.05) is 0 Å². The molecule has 4 saturated carbocycles. The smallest absolute Gasteiger partial charge is 0.304 e. The SMILES string of the molecule is CSC1(P(=O)(OC(C)C)OC(C)C)CSC2(S1)C1CC3CC(C1)CC2C3. The Morgan fingerprint density at radius 3 is 1.88 bits per heavy atom. The van der Waals surface area contributed by atoms with Gasteiger partial charge in [0, 0.05) is 5.75 Å². The van der Waals surface area contributed by atoms with Crippen molar-refractivity contribution >= 4 is 42.9 Å². The first-order valence-electron chi connectivity index (χ1n) is 10.1. The third-order valence-corrected chi connectivity index (χ3v) is 16.9. The van der Waals surface area contributed by atoms with Crippen LogP contribution in [0.2, 0.25) is 0 Å². The van der Waals surface area contributed by atoms with E-state index in [9.17, 15) is 4.57 Å². The van der Waals surface area contributed by atoms with Crippen molar-refractivity contribution in [2.24, 2.45) is 23.7 Å². The number of thioether (sulfide) groups is 3. The summed E-state index contributed by atoms with van der Waals surface area (Å²) in [6.45, 7) is 7.87. The zero-order valence-corrected chi connectivity index (χ0v) is 19.9. The molecule has 0 N–H and O–H groups in total. The van der Waals surface area contributed by atoms with Crippen LogP contribution in [0.25, 0.3) is 0 Å². The molecule has 0 radical (unpaired) electrons. The van der Waals surface area contributed by atoms with Crippen LogP contribution in [0.3, 0.4) is 0 Å². The molecule has 1 atom stereocenters. The summed E-state index contributed by atoms with van der Waals surface area (Å²) >= 11 is 5.82. The van der Waals surface area contributed by atoms with Gasteiger partial charge < -0.3 is 9.05 Å². The van der Waals surface area contributed by atoms with E-state index in [1.165, 1.54) is 32.1 Å². The maximum atomic E-state index is 14.1. The molecule has 0 aromatic carbocycles. The topological polar surface area (TPSA) is 35.5 Å². The second kappa shape index (κ2) is 7.16. The van der Waals surface area contributed by atoms with Gasteiger partial charge in [0.1, 0.15) is 0 Å². The van der Waals surface area contributed by atoms with Gasteiger partial charge in [-0.25, -0.2) is 0 Å². The van der Waals surface area contributed by atoms with Crippen molar-refractivity contribution in [3.63, 3.8) is 0 Å². The number of rotatable bonds is 6. The molecule has 0 amide bonds. The molecule has 150 valence electrons. The molecule has 1 saturated heterocycles. The second-order valence-electron chi connectivity index (χ2n) is 9.14. The third kappa shape index (κ3) is 3.17. The molecular formula is C19H33O3PS3. The summed E-state index contributed by atoms with van der Waals surface area (Å²) in [7, 11) is -3.24. The van der Waals surface area contributed by atoms with Crippen molar-refractivity contribution in [1.82, 2.24) is 0 Å². The average molecular weight is 437 g/mol. The molecule has 4 aliphatic carbocycles. The van der Waals surface area contributed by atoms with Gasteiger partial charge >= 0.3 is 7.60 Å². The summed E-state index contributed by atoms with van der Waals surface area (Å²) in [4.78, 5) is 0. The van der Waals surface area contributed by atoms with E-state index in [-0.39, 0.29) is 16.3 Å². The highest BCUT2D eigenvalue weighted by Crippen LogP contribution is 2.82. The number of hydrogen-bond donors (Lipinski definition) is 0. The van der Waals surface area contributed by atoms with Crippen LogP contribution in [-0.4, -0.2) is 32.1 Å². The van der Waals surface area contributed by atoms with Crippen LogP contribution in [0.4, 0.5) is 0 Å². The highest BCUT2D eigenvalue weighted by molar-refractivity contribution is 8.34. The molecule has 5 aliphatic rings. The lowest BCUT2D eigenvalue weighted by molar-refractivity contribution is 0.0159. The molecule has 1 unspecified atom stereocenters. The van der Waals surface area contributed by atoms with Gasteiger partial charge in [0.15, 0.2) is 3.82 Å². The summed E-state index contributed by atoms with van der Waals surface area (Å²) < 4.78 is 26.1. The van der Waals surface area contributed by atoms with Crippen molar-refractivity contribution in [2.45, 2.75) is 79.9 Å². The van der Waals surface area contributed by atoms with Crippen LogP contribution in [0, 0.1) is 23.7 Å². The quantitative estimate of drug-likeness (QED) is 0.432. The average Bonchev–Trinajstić information content (AvgIpc) is 2.93. The van der Waals surface area contributed by atoms with E-state index < -0.39 is 11.4 Å². The molecule has 1 aliphatic heterocycles. The van der Waals surface area contributed by atoms with Gasteiger partial charge in [-0.15, -0.1) is 35.3 Å². The first kappa shape index (κ1) is 20.5. The molecular weight excluding hydrogens is 403 g/mol. The third-order valence-electron chi connectivity index (χ3n) is 6.51. The van der Waals surface area contributed by atoms with E-state index in [2.05, 4.69) is 18.0 Å². The minimum atomic E-state index is -3.24. The van der Waals surface area contributed by atoms with Crippen LogP contribution in [0.1, 0.15) is 59.8 Å². The van der Waals surface area contributed by atoms with Gasteiger partial charge in [0.25, 0.3) is 0 Å². The zero-order chi connectivity index (χ0) is 18.7. The van der Waals surface area contributed by atoms with E-state index >= 15 is 0 Å². The first-order valence-corrected chi connectivity index (χ1v) is 14.6. The summed E-state index contributed by atoms with van der Waals surface area (Å²) in [6.07, 6.45) is 8.93. The Bertz CT molecular complexity index is 555. The Hall–Kier alpha value is 1.20. The highest BCUT2D eigenvalue weighted by atomic mass is 32.2. The van der Waals surface area contributed by atoms with Crippen LogP contribution < -0.4 is 0 Å². The van der Waals surface area contributed by atoms with E-state index in [1.807, 2.05) is 39.5 Å². The molecule has 0 aromatic heterocycles. The maximum Gasteiger partial charge on any atom is 0.357 e. The summed E-state index contributed by atoms with van der Waals surface area (Å²) in [5.74, 6) is 4.36. The summed E-state index contributed by atoms with van der Waals surface area (Å²) in [5, 5.41) is 0. The molecule has 5 rings (SSSR count). The van der Waals surface area contributed by atoms with Gasteiger partial charge in [0.05, 0.1) is 16.3 Å². The monoisotopic (exact) mass is 436 g/mol. The predicted molar refractivity (Wildman–Crippen MR) is 116 cm³/mol. The van der Waals surface area contributed by atoms with Crippen LogP contribution >= 0.6 is 42.9 Å². The Kier molecular flexibility index (Phi) is 5.64. The molecule has 1 spiro atoms. The van der Waals surface area contributed by atoms with Gasteiger partial charge in [0.2, 0.25) is 0 Å². The van der Waals surface area contributed by atoms with E-state index in [4.69, 9.17) is 9.05 Å². The largest absolute Gasteiger partial charge is 0.357 e. The van der Waals surface area contributed by atoms with E-state index in [0.29, 0.717) is 0 Å². The molecule has 7 heteroatoms. The van der Waals surface area contributed by atoms with Crippen LogP contribution in [0.5, 0.6) is 0 Å². The fourth-order valence-corrected chi connectivity index (χ4v) is 15.9. The predicted octanol–water partition coefficient (Wildman–Crippen LogP) is 6.68. The van der Waals surface area contributed by atoms with Crippen molar-refractivity contribution in [3.8, 4) is 0 Å². The maximum absolute atomic E-state index is 14.1. The lowest BCUT2D eigenvalue weighted by atomic mass is 9.56. The zero-order valence-electron chi connectivity index (χ0n) is 16.6. The second-order valence-corrected chi connectivity index (χ2v) is 16.4. The fourth-order valence-electron chi connectivity index (χ4n) is 5.84. The summed E-state index contributed by atoms with van der Waals surface area (Å²) in [5.41, 5.74) is 0. The minimum absolute atomic E-state index is 0.0933. The summed E-state index contributed by atoms with van der Waals surface area (Å²) in [6, 6.07) is 0. The van der Waals surface area contributed by atoms with Crippen molar-refractivity contribution in [2.75, 3.05) is 12.0 Å². The number of hydrogen-bond acceptors (Lipinski definition) is 6. The van der Waals surface area contributed by atoms with Gasteiger partial charge in [-0.2, -0.15) is 0 Å². The highest BCUT2D eigenvalue weighted by Gasteiger charge is 2.68. The fraction of sp³-hybridized carbons (Fsp3) is 1.00. The molecule has 4 bridgehead atoms.